The van der Waals surface area contributed by atoms with E-state index in [0.717, 1.165) is 0 Å². The summed E-state index contributed by atoms with van der Waals surface area (Å²) in [5.74, 6) is -0.162. The first kappa shape index (κ1) is 31.2. The van der Waals surface area contributed by atoms with Crippen LogP contribution in [0.4, 0.5) is 17.1 Å². The number of ether oxygens (including phenoxy) is 2. The molecule has 4 aromatic carbocycles. The number of morpholine rings is 1. The van der Waals surface area contributed by atoms with Crippen molar-refractivity contribution in [3.63, 3.8) is 0 Å². The fourth-order valence-electron chi connectivity index (χ4n) is 4.88. The molecule has 0 unspecified atom stereocenters. The Morgan fingerprint density at radius 3 is 2.40 bits per heavy atom. The van der Waals surface area contributed by atoms with E-state index in [0.29, 0.717) is 48.9 Å². The second kappa shape index (κ2) is 14.0. The molecule has 1 N–H and O–H groups in total. The van der Waals surface area contributed by atoms with Gasteiger partial charge in [-0.15, -0.1) is 0 Å². The third-order valence-electron chi connectivity index (χ3n) is 7.18. The first-order chi connectivity index (χ1) is 21.8. The van der Waals surface area contributed by atoms with Crippen molar-refractivity contribution >= 4 is 39.2 Å². The molecule has 13 heteroatoms. The minimum atomic E-state index is -4.15. The highest BCUT2D eigenvalue weighted by molar-refractivity contribution is 7.92. The van der Waals surface area contributed by atoms with E-state index in [-0.39, 0.29) is 28.4 Å². The van der Waals surface area contributed by atoms with Crippen LogP contribution in [0.5, 0.6) is 5.75 Å². The third-order valence-corrected chi connectivity index (χ3v) is 8.95. The maximum absolute atomic E-state index is 14.0. The lowest BCUT2D eigenvalue weighted by molar-refractivity contribution is -0.384. The summed E-state index contributed by atoms with van der Waals surface area (Å²) in [5, 5.41) is 15.6. The molecule has 1 heterocycles. The van der Waals surface area contributed by atoms with E-state index in [2.05, 4.69) is 10.5 Å². The molecule has 4 aromatic rings. The molecular weight excluding hydrogens is 598 g/mol. The number of nitrogens with one attached hydrogen (secondary N) is 1. The number of carbonyl (C=O) groups is 1. The van der Waals surface area contributed by atoms with Crippen LogP contribution in [-0.4, -0.2) is 58.9 Å². The Bertz CT molecular complexity index is 1790. The zero-order chi connectivity index (χ0) is 31.8. The monoisotopic (exact) mass is 629 g/mol. The summed E-state index contributed by atoms with van der Waals surface area (Å²) in [7, 11) is -2.66. The van der Waals surface area contributed by atoms with Crippen LogP contribution in [0, 0.1) is 10.1 Å². The number of hydrazone groups is 1. The number of rotatable bonds is 11. The van der Waals surface area contributed by atoms with Crippen LogP contribution in [0.2, 0.25) is 0 Å². The van der Waals surface area contributed by atoms with Gasteiger partial charge in [-0.2, -0.15) is 5.10 Å². The predicted octanol–water partition coefficient (Wildman–Crippen LogP) is 4.60. The number of amides is 1. The van der Waals surface area contributed by atoms with E-state index >= 15 is 0 Å². The van der Waals surface area contributed by atoms with Gasteiger partial charge in [0.1, 0.15) is 5.75 Å². The van der Waals surface area contributed by atoms with Crippen molar-refractivity contribution in [1.29, 1.82) is 0 Å². The van der Waals surface area contributed by atoms with Crippen LogP contribution < -0.4 is 19.4 Å². The quantitative estimate of drug-likeness (QED) is 0.144. The number of sulfonamides is 1. The second-order valence-corrected chi connectivity index (χ2v) is 11.9. The normalized spacial score (nSPS) is 13.4. The lowest BCUT2D eigenvalue weighted by Crippen LogP contribution is -2.36. The summed E-state index contributed by atoms with van der Waals surface area (Å²) in [6, 6.07) is 25.8. The molecule has 0 bridgehead atoms. The standard InChI is InChI=1S/C32H31N5O7S/c1-43-27-12-14-28(15-13-27)45(41,42)36(23-24-7-3-2-4-8-24)31-10-6-5-9-29(31)32(38)34-33-22-25-21-26(37(39)40)11-16-30(25)35-17-19-44-20-18-35/h2-16,21-22H,17-20,23H2,1H3,(H,34,38)/b33-22+. The lowest BCUT2D eigenvalue weighted by Gasteiger charge is -2.29. The highest BCUT2D eigenvalue weighted by Gasteiger charge is 2.29. The van der Waals surface area contributed by atoms with Crippen molar-refractivity contribution in [2.24, 2.45) is 5.10 Å². The number of non-ortho nitro benzene ring substituents is 1. The average molecular weight is 630 g/mol. The highest BCUT2D eigenvalue weighted by Crippen LogP contribution is 2.30. The highest BCUT2D eigenvalue weighted by atomic mass is 32.2. The van der Waals surface area contributed by atoms with Crippen LogP contribution in [-0.2, 0) is 21.3 Å². The number of hydrogen-bond acceptors (Lipinski definition) is 9. The van der Waals surface area contributed by atoms with Crippen LogP contribution in [0.3, 0.4) is 0 Å². The summed E-state index contributed by atoms with van der Waals surface area (Å²) >= 11 is 0. The first-order valence-corrected chi connectivity index (χ1v) is 15.5. The van der Waals surface area contributed by atoms with E-state index in [9.17, 15) is 23.3 Å². The molecule has 0 saturated carbocycles. The second-order valence-electron chi connectivity index (χ2n) is 9.99. The van der Waals surface area contributed by atoms with Crippen molar-refractivity contribution in [3.05, 3.63) is 124 Å². The maximum atomic E-state index is 14.0. The summed E-state index contributed by atoms with van der Waals surface area (Å²) in [4.78, 5) is 26.5. The number of methoxy groups -OCH3 is 1. The van der Waals surface area contributed by atoms with E-state index in [4.69, 9.17) is 9.47 Å². The molecule has 1 saturated heterocycles. The third kappa shape index (κ3) is 7.28. The van der Waals surface area contributed by atoms with Gasteiger partial charge in [0, 0.05) is 36.5 Å². The Morgan fingerprint density at radius 2 is 1.71 bits per heavy atom. The molecule has 1 aliphatic heterocycles. The molecule has 12 nitrogen and oxygen atoms in total. The van der Waals surface area contributed by atoms with Crippen molar-refractivity contribution in [1.82, 2.24) is 5.43 Å². The van der Waals surface area contributed by atoms with Gasteiger partial charge in [-0.1, -0.05) is 42.5 Å². The SMILES string of the molecule is COc1ccc(S(=O)(=O)N(Cc2ccccc2)c2ccccc2C(=O)N/N=C/c2cc([N+](=O)[O-])ccc2N2CCOCC2)cc1. The molecule has 5 rings (SSSR count). The smallest absolute Gasteiger partial charge is 0.273 e. The number of nitro benzene ring substituents is 1. The number of carbonyl (C=O) groups excluding carboxylic acids is 1. The van der Waals surface area contributed by atoms with Crippen LogP contribution in [0.1, 0.15) is 21.5 Å². The Hall–Kier alpha value is -5.27. The summed E-state index contributed by atoms with van der Waals surface area (Å²) in [5.41, 5.74) is 4.42. The molecule has 0 aromatic heterocycles. The number of nitro groups is 1. The molecule has 1 amide bonds. The van der Waals surface area contributed by atoms with Gasteiger partial charge in [-0.3, -0.25) is 19.2 Å². The fourth-order valence-corrected chi connectivity index (χ4v) is 6.35. The van der Waals surface area contributed by atoms with Gasteiger partial charge in [0.05, 0.1) is 54.2 Å². The number of anilines is 2. The molecule has 1 aliphatic rings. The van der Waals surface area contributed by atoms with Gasteiger partial charge < -0.3 is 14.4 Å². The molecular formula is C32H31N5O7S. The molecule has 1 fully saturated rings. The number of hydrogen-bond donors (Lipinski definition) is 1. The minimum Gasteiger partial charge on any atom is -0.497 e. The topological polar surface area (TPSA) is 144 Å². The lowest BCUT2D eigenvalue weighted by atomic mass is 10.1. The Balaban J connectivity index is 1.47. The van der Waals surface area contributed by atoms with Crippen molar-refractivity contribution < 1.29 is 27.6 Å². The molecule has 0 atom stereocenters. The fraction of sp³-hybridized carbons (Fsp3) is 0.188. The zero-order valence-electron chi connectivity index (χ0n) is 24.4. The minimum absolute atomic E-state index is 0.0220. The van der Waals surface area contributed by atoms with Gasteiger partial charge in [0.15, 0.2) is 0 Å². The molecule has 232 valence electrons. The Kier molecular flexibility index (Phi) is 9.70. The van der Waals surface area contributed by atoms with Crippen molar-refractivity contribution in [3.8, 4) is 5.75 Å². The first-order valence-electron chi connectivity index (χ1n) is 14.0. The van der Waals surface area contributed by atoms with Crippen LogP contribution in [0.25, 0.3) is 0 Å². The van der Waals surface area contributed by atoms with Crippen LogP contribution >= 0.6 is 0 Å². The average Bonchev–Trinajstić information content (AvgIpc) is 3.08. The van der Waals surface area contributed by atoms with E-state index in [1.165, 1.54) is 48.0 Å². The van der Waals surface area contributed by atoms with Gasteiger partial charge in [-0.25, -0.2) is 13.8 Å². The molecule has 45 heavy (non-hydrogen) atoms. The number of nitrogens with zero attached hydrogens (tertiary/aromatic N) is 4. The Labute approximate surface area is 260 Å². The molecule has 0 aliphatic carbocycles. The van der Waals surface area contributed by atoms with Gasteiger partial charge in [-0.05, 0) is 48.0 Å². The Morgan fingerprint density at radius 1 is 1.02 bits per heavy atom. The number of para-hydroxylation sites is 1. The molecule has 0 spiro atoms. The van der Waals surface area contributed by atoms with E-state index in [1.54, 1.807) is 60.7 Å². The maximum Gasteiger partial charge on any atom is 0.273 e. The zero-order valence-corrected chi connectivity index (χ0v) is 25.2. The van der Waals surface area contributed by atoms with Gasteiger partial charge in [0.2, 0.25) is 0 Å². The summed E-state index contributed by atoms with van der Waals surface area (Å²) < 4.78 is 39.9. The van der Waals surface area contributed by atoms with Crippen molar-refractivity contribution in [2.75, 3.05) is 42.6 Å². The van der Waals surface area contributed by atoms with Crippen molar-refractivity contribution in [2.45, 2.75) is 11.4 Å². The predicted molar refractivity (Wildman–Crippen MR) is 170 cm³/mol. The summed E-state index contributed by atoms with van der Waals surface area (Å²) in [6.45, 7) is 2.18. The van der Waals surface area contributed by atoms with E-state index in [1.807, 2.05) is 11.0 Å². The largest absolute Gasteiger partial charge is 0.497 e. The van der Waals surface area contributed by atoms with E-state index < -0.39 is 20.9 Å². The number of benzene rings is 4. The summed E-state index contributed by atoms with van der Waals surface area (Å²) in [6.07, 6.45) is 1.34. The van der Waals surface area contributed by atoms with Crippen LogP contribution in [0.15, 0.2) is 107 Å². The van der Waals surface area contributed by atoms with Gasteiger partial charge in [0.25, 0.3) is 21.6 Å². The van der Waals surface area contributed by atoms with Gasteiger partial charge >= 0.3 is 0 Å². The molecule has 0 radical (unpaired) electrons.